The number of hydrogen-bond donors (Lipinski definition) is 1. The van der Waals surface area contributed by atoms with Crippen molar-refractivity contribution in [2.24, 2.45) is 0 Å². The third-order valence-corrected chi connectivity index (χ3v) is 3.06. The highest BCUT2D eigenvalue weighted by molar-refractivity contribution is 5.65. The van der Waals surface area contributed by atoms with Crippen LogP contribution in [0.15, 0.2) is 18.2 Å². The van der Waals surface area contributed by atoms with Gasteiger partial charge < -0.3 is 19.7 Å². The molecule has 1 aromatic carbocycles. The quantitative estimate of drug-likeness (QED) is 0.771. The number of fused-ring (bicyclic) bond motifs is 1. The monoisotopic (exact) mass is 256 g/mol. The number of piperazine rings is 1. The van der Waals surface area contributed by atoms with Crippen molar-refractivity contribution in [3.05, 3.63) is 18.2 Å². The molecular weight excluding hydrogens is 242 g/mol. The summed E-state index contributed by atoms with van der Waals surface area (Å²) in [6.45, 7) is 1.36. The van der Waals surface area contributed by atoms with Crippen molar-refractivity contribution < 1.29 is 18.3 Å². The zero-order valence-corrected chi connectivity index (χ0v) is 9.73. The first kappa shape index (κ1) is 11.5. The van der Waals surface area contributed by atoms with Crippen molar-refractivity contribution in [2.45, 2.75) is 12.7 Å². The van der Waals surface area contributed by atoms with Gasteiger partial charge in [0, 0.05) is 19.6 Å². The second kappa shape index (κ2) is 4.61. The summed E-state index contributed by atoms with van der Waals surface area (Å²) >= 11 is 0. The highest BCUT2D eigenvalue weighted by Gasteiger charge is 2.29. The zero-order chi connectivity index (χ0) is 12.5. The fourth-order valence-corrected chi connectivity index (χ4v) is 2.23. The van der Waals surface area contributed by atoms with Crippen LogP contribution in [0.4, 0.5) is 14.5 Å². The Kier molecular flexibility index (Phi) is 2.95. The van der Waals surface area contributed by atoms with Crippen molar-refractivity contribution in [1.82, 2.24) is 5.32 Å². The Morgan fingerprint density at radius 2 is 2.22 bits per heavy atom. The van der Waals surface area contributed by atoms with E-state index in [0.29, 0.717) is 30.3 Å². The largest absolute Gasteiger partial charge is 0.481 e. The third kappa shape index (κ3) is 1.96. The Hall–Kier alpha value is -1.56. The first-order chi connectivity index (χ1) is 8.75. The number of benzene rings is 1. The van der Waals surface area contributed by atoms with Gasteiger partial charge in [-0.25, -0.2) is 4.39 Å². The Morgan fingerprint density at radius 1 is 1.33 bits per heavy atom. The van der Waals surface area contributed by atoms with E-state index in [2.05, 4.69) is 5.32 Å². The van der Waals surface area contributed by atoms with Crippen molar-refractivity contribution >= 4 is 5.69 Å². The van der Waals surface area contributed by atoms with E-state index in [9.17, 15) is 8.78 Å². The molecule has 3 rings (SSSR count). The normalized spacial score (nSPS) is 27.1. The van der Waals surface area contributed by atoms with Gasteiger partial charge in [0.1, 0.15) is 0 Å². The van der Waals surface area contributed by atoms with E-state index in [1.54, 1.807) is 23.1 Å². The average molecular weight is 256 g/mol. The summed E-state index contributed by atoms with van der Waals surface area (Å²) < 4.78 is 37.3. The maximum atomic E-state index is 13.9. The van der Waals surface area contributed by atoms with Gasteiger partial charge in [0.2, 0.25) is 0 Å². The molecule has 0 radical (unpaired) electrons. The van der Waals surface area contributed by atoms with Gasteiger partial charge in [-0.15, -0.1) is 0 Å². The van der Waals surface area contributed by atoms with Gasteiger partial charge in [0.15, 0.2) is 24.4 Å². The number of ether oxygens (including phenoxy) is 2. The Labute approximate surface area is 103 Å². The first-order valence-corrected chi connectivity index (χ1v) is 5.93. The molecule has 18 heavy (non-hydrogen) atoms. The van der Waals surface area contributed by atoms with Crippen LogP contribution in [0.25, 0.3) is 0 Å². The van der Waals surface area contributed by atoms with Crippen molar-refractivity contribution in [1.29, 1.82) is 0 Å². The minimum atomic E-state index is -1.46. The molecule has 2 unspecified atom stereocenters. The van der Waals surface area contributed by atoms with E-state index in [0.717, 1.165) is 0 Å². The van der Waals surface area contributed by atoms with Crippen molar-refractivity contribution in [3.8, 4) is 11.5 Å². The van der Waals surface area contributed by atoms with Crippen molar-refractivity contribution in [3.63, 3.8) is 0 Å². The van der Waals surface area contributed by atoms with Gasteiger partial charge in [0.05, 0.1) is 5.69 Å². The topological polar surface area (TPSA) is 33.7 Å². The van der Waals surface area contributed by atoms with Gasteiger partial charge in [-0.1, -0.05) is 6.07 Å². The Morgan fingerprint density at radius 3 is 3.06 bits per heavy atom. The number of halogens is 2. The fraction of sp³-hybridized carbons (Fsp3) is 0.500. The Balaban J connectivity index is 1.94. The predicted octanol–water partition coefficient (Wildman–Crippen LogP) is 1.46. The molecular formula is C12H14F2N2O2. The maximum Gasteiger partial charge on any atom is 0.272 e. The number of nitrogens with zero attached hydrogens (tertiary/aromatic N) is 1. The van der Waals surface area contributed by atoms with Gasteiger partial charge in [-0.05, 0) is 12.1 Å². The number of rotatable bonds is 1. The minimum absolute atomic E-state index is 0.160. The molecule has 4 nitrogen and oxygen atoms in total. The van der Waals surface area contributed by atoms with Crippen LogP contribution >= 0.6 is 0 Å². The number of nitrogens with one attached hydrogen (secondary N) is 1. The lowest BCUT2D eigenvalue weighted by molar-refractivity contribution is -0.00273. The lowest BCUT2D eigenvalue weighted by Gasteiger charge is -2.35. The average Bonchev–Trinajstić information content (AvgIpc) is 2.38. The molecule has 0 amide bonds. The standard InChI is InChI=1S/C12H14F2N2O2/c13-10-6-15-4-5-16(10)8-2-1-3-9-12(8)17-7-11(14)18-9/h1-3,10-11,15H,4-7H2. The SMILES string of the molecule is FC1COc2c(cccc2N2CCNCC2F)O1. The summed E-state index contributed by atoms with van der Waals surface area (Å²) in [6.07, 6.45) is -2.58. The predicted molar refractivity (Wildman–Crippen MR) is 62.6 cm³/mol. The first-order valence-electron chi connectivity index (χ1n) is 5.93. The molecule has 6 heteroatoms. The van der Waals surface area contributed by atoms with Gasteiger partial charge in [0.25, 0.3) is 6.36 Å². The van der Waals surface area contributed by atoms with Crippen LogP contribution in [-0.2, 0) is 0 Å². The molecule has 0 spiro atoms. The van der Waals surface area contributed by atoms with Crippen molar-refractivity contribution in [2.75, 3.05) is 31.1 Å². The molecule has 1 fully saturated rings. The number of alkyl halides is 2. The molecule has 0 aliphatic carbocycles. The molecule has 2 aliphatic heterocycles. The molecule has 1 N–H and O–H groups in total. The lowest BCUT2D eigenvalue weighted by atomic mass is 10.2. The number of hydrogen-bond acceptors (Lipinski definition) is 4. The van der Waals surface area contributed by atoms with Crippen LogP contribution < -0.4 is 19.7 Å². The summed E-state index contributed by atoms with van der Waals surface area (Å²) in [6, 6.07) is 5.10. The summed E-state index contributed by atoms with van der Waals surface area (Å²) in [5, 5.41) is 2.97. The summed E-state index contributed by atoms with van der Waals surface area (Å²) in [4.78, 5) is 1.61. The molecule has 2 heterocycles. The summed E-state index contributed by atoms with van der Waals surface area (Å²) in [5.41, 5.74) is 0.619. The summed E-state index contributed by atoms with van der Waals surface area (Å²) in [5.74, 6) is 0.757. The number of para-hydroxylation sites is 1. The second-order valence-electron chi connectivity index (χ2n) is 4.28. The van der Waals surface area contributed by atoms with Gasteiger partial charge >= 0.3 is 0 Å². The number of anilines is 1. The van der Waals surface area contributed by atoms with Crippen LogP contribution in [0.3, 0.4) is 0 Å². The molecule has 1 aromatic rings. The van der Waals surface area contributed by atoms with E-state index < -0.39 is 12.7 Å². The molecule has 0 aromatic heterocycles. The highest BCUT2D eigenvalue weighted by Crippen LogP contribution is 2.41. The second-order valence-corrected chi connectivity index (χ2v) is 4.28. The van der Waals surface area contributed by atoms with Crippen LogP contribution in [0.1, 0.15) is 0 Å². The zero-order valence-electron chi connectivity index (χ0n) is 9.73. The molecule has 1 saturated heterocycles. The van der Waals surface area contributed by atoms with E-state index >= 15 is 0 Å². The van der Waals surface area contributed by atoms with E-state index in [-0.39, 0.29) is 13.2 Å². The summed E-state index contributed by atoms with van der Waals surface area (Å²) in [7, 11) is 0. The maximum absolute atomic E-state index is 13.9. The van der Waals surface area contributed by atoms with E-state index in [1.807, 2.05) is 0 Å². The van der Waals surface area contributed by atoms with Crippen LogP contribution in [0.2, 0.25) is 0 Å². The Bertz CT molecular complexity index is 444. The lowest BCUT2D eigenvalue weighted by Crippen LogP contribution is -2.49. The molecule has 2 aliphatic rings. The van der Waals surface area contributed by atoms with E-state index in [1.165, 1.54) is 0 Å². The minimum Gasteiger partial charge on any atom is -0.481 e. The molecule has 98 valence electrons. The van der Waals surface area contributed by atoms with Gasteiger partial charge in [-0.2, -0.15) is 4.39 Å². The third-order valence-electron chi connectivity index (χ3n) is 3.06. The smallest absolute Gasteiger partial charge is 0.272 e. The fourth-order valence-electron chi connectivity index (χ4n) is 2.23. The molecule has 0 bridgehead atoms. The van der Waals surface area contributed by atoms with E-state index in [4.69, 9.17) is 9.47 Å². The highest BCUT2D eigenvalue weighted by atomic mass is 19.1. The molecule has 0 saturated carbocycles. The molecule has 2 atom stereocenters. The van der Waals surface area contributed by atoms with Crippen LogP contribution in [0.5, 0.6) is 11.5 Å². The van der Waals surface area contributed by atoms with Crippen LogP contribution in [-0.4, -0.2) is 38.9 Å². The van der Waals surface area contributed by atoms with Gasteiger partial charge in [-0.3, -0.25) is 0 Å². The van der Waals surface area contributed by atoms with Crippen LogP contribution in [0, 0.1) is 0 Å².